The third-order valence-corrected chi connectivity index (χ3v) is 3.24. The van der Waals surface area contributed by atoms with E-state index in [0.29, 0.717) is 19.6 Å². The average Bonchev–Trinajstić information content (AvgIpc) is 2.39. The maximum atomic E-state index is 11.3. The molecule has 0 amide bonds. The molecule has 1 aromatic carbocycles. The van der Waals surface area contributed by atoms with Crippen molar-refractivity contribution in [1.82, 2.24) is 5.32 Å². The summed E-state index contributed by atoms with van der Waals surface area (Å²) in [4.78, 5) is 13.3. The number of likely N-dealkylation sites (N-methyl/N-ethyl adjacent to an activating group) is 1. The lowest BCUT2D eigenvalue weighted by Crippen LogP contribution is -2.50. The minimum atomic E-state index is -0.950. The molecule has 0 aliphatic heterocycles. The first-order chi connectivity index (χ1) is 9.39. The van der Waals surface area contributed by atoms with E-state index in [4.69, 9.17) is 4.74 Å². The van der Waals surface area contributed by atoms with Crippen LogP contribution in [0.25, 0.3) is 0 Å². The van der Waals surface area contributed by atoms with E-state index in [-0.39, 0.29) is 0 Å². The van der Waals surface area contributed by atoms with Crippen molar-refractivity contribution in [3.8, 4) is 5.75 Å². The van der Waals surface area contributed by atoms with Gasteiger partial charge in [0.1, 0.15) is 11.3 Å². The van der Waals surface area contributed by atoms with Gasteiger partial charge in [-0.1, -0.05) is 13.0 Å². The molecule has 0 saturated carbocycles. The minimum absolute atomic E-state index is 0.354. The van der Waals surface area contributed by atoms with Crippen LogP contribution < -0.4 is 15.0 Å². The second-order valence-electron chi connectivity index (χ2n) is 5.16. The molecule has 112 valence electrons. The summed E-state index contributed by atoms with van der Waals surface area (Å²) in [6.07, 6.45) is 0.405. The van der Waals surface area contributed by atoms with Crippen LogP contribution in [0, 0.1) is 0 Å². The van der Waals surface area contributed by atoms with Crippen LogP contribution >= 0.6 is 0 Å². The molecule has 1 unspecified atom stereocenters. The van der Waals surface area contributed by atoms with Crippen LogP contribution in [0.15, 0.2) is 24.3 Å². The molecule has 5 nitrogen and oxygen atoms in total. The van der Waals surface area contributed by atoms with Gasteiger partial charge in [-0.15, -0.1) is 0 Å². The number of ether oxygens (including phenoxy) is 1. The first kappa shape index (κ1) is 16.3. The molecule has 0 heterocycles. The number of rotatable bonds is 8. The molecule has 0 radical (unpaired) electrons. The Morgan fingerprint density at radius 3 is 2.70 bits per heavy atom. The van der Waals surface area contributed by atoms with Crippen LogP contribution in [0.1, 0.15) is 20.3 Å². The number of aliphatic carboxylic acids is 1. The summed E-state index contributed by atoms with van der Waals surface area (Å²) < 4.78 is 5.66. The molecule has 1 aromatic rings. The lowest BCUT2D eigenvalue weighted by Gasteiger charge is -2.25. The highest BCUT2D eigenvalue weighted by molar-refractivity contribution is 5.78. The number of anilines is 1. The van der Waals surface area contributed by atoms with Crippen LogP contribution in [-0.2, 0) is 4.79 Å². The van der Waals surface area contributed by atoms with E-state index in [1.165, 1.54) is 0 Å². The predicted octanol–water partition coefficient (Wildman–Crippen LogP) is 1.97. The van der Waals surface area contributed by atoms with Gasteiger partial charge in [0.15, 0.2) is 0 Å². The van der Waals surface area contributed by atoms with Gasteiger partial charge in [-0.3, -0.25) is 4.79 Å². The molecule has 1 rings (SSSR count). The fraction of sp³-hybridized carbons (Fsp3) is 0.533. The van der Waals surface area contributed by atoms with Gasteiger partial charge in [0.05, 0.1) is 6.61 Å². The first-order valence-corrected chi connectivity index (χ1v) is 6.77. The summed E-state index contributed by atoms with van der Waals surface area (Å²) in [6, 6.07) is 7.72. The van der Waals surface area contributed by atoms with Crippen molar-refractivity contribution >= 4 is 11.7 Å². The van der Waals surface area contributed by atoms with Gasteiger partial charge in [-0.2, -0.15) is 0 Å². The van der Waals surface area contributed by atoms with Crippen molar-refractivity contribution in [2.24, 2.45) is 0 Å². The lowest BCUT2D eigenvalue weighted by atomic mass is 9.98. The van der Waals surface area contributed by atoms with Crippen LogP contribution in [-0.4, -0.2) is 43.9 Å². The van der Waals surface area contributed by atoms with Gasteiger partial charge < -0.3 is 20.1 Å². The molecule has 0 bridgehead atoms. The number of benzene rings is 1. The van der Waals surface area contributed by atoms with E-state index in [2.05, 4.69) is 5.32 Å². The van der Waals surface area contributed by atoms with Crippen molar-refractivity contribution in [1.29, 1.82) is 0 Å². The molecule has 1 atom stereocenters. The Bertz CT molecular complexity index is 448. The maximum absolute atomic E-state index is 11.3. The number of nitrogens with one attached hydrogen (secondary N) is 1. The topological polar surface area (TPSA) is 61.8 Å². The van der Waals surface area contributed by atoms with Crippen LogP contribution in [0.4, 0.5) is 5.69 Å². The highest BCUT2D eigenvalue weighted by Crippen LogP contribution is 2.20. The summed E-state index contributed by atoms with van der Waals surface area (Å²) >= 11 is 0. The summed E-state index contributed by atoms with van der Waals surface area (Å²) in [7, 11) is 3.93. The Labute approximate surface area is 120 Å². The summed E-state index contributed by atoms with van der Waals surface area (Å²) in [6.45, 7) is 4.53. The minimum Gasteiger partial charge on any atom is -0.493 e. The molecule has 0 aliphatic rings. The van der Waals surface area contributed by atoms with Crippen LogP contribution in [0.3, 0.4) is 0 Å². The van der Waals surface area contributed by atoms with E-state index >= 15 is 0 Å². The number of carbonyl (C=O) groups is 1. The zero-order valence-electron chi connectivity index (χ0n) is 12.6. The molecule has 5 heteroatoms. The van der Waals surface area contributed by atoms with E-state index in [1.54, 1.807) is 6.92 Å². The third-order valence-electron chi connectivity index (χ3n) is 3.24. The highest BCUT2D eigenvalue weighted by atomic mass is 16.5. The Morgan fingerprint density at radius 2 is 2.15 bits per heavy atom. The van der Waals surface area contributed by atoms with E-state index < -0.39 is 11.5 Å². The van der Waals surface area contributed by atoms with Gasteiger partial charge in [0, 0.05) is 32.3 Å². The molecular weight excluding hydrogens is 256 g/mol. The maximum Gasteiger partial charge on any atom is 0.323 e. The summed E-state index contributed by atoms with van der Waals surface area (Å²) in [5.41, 5.74) is 0.101. The van der Waals surface area contributed by atoms with Crippen molar-refractivity contribution in [3.63, 3.8) is 0 Å². The number of nitrogens with zero attached hydrogens (tertiary/aromatic N) is 1. The normalized spacial score (nSPS) is 13.6. The van der Waals surface area contributed by atoms with Crippen molar-refractivity contribution < 1.29 is 14.6 Å². The summed E-state index contributed by atoms with van der Waals surface area (Å²) in [5.74, 6) is -0.106. The van der Waals surface area contributed by atoms with Crippen molar-refractivity contribution in [3.05, 3.63) is 24.3 Å². The monoisotopic (exact) mass is 280 g/mol. The zero-order valence-corrected chi connectivity index (χ0v) is 12.6. The Morgan fingerprint density at radius 1 is 1.45 bits per heavy atom. The number of carboxylic acids is 1. The van der Waals surface area contributed by atoms with E-state index in [1.807, 2.05) is 50.2 Å². The zero-order chi connectivity index (χ0) is 15.2. The van der Waals surface area contributed by atoms with Gasteiger partial charge in [-0.25, -0.2) is 0 Å². The molecule has 2 N–H and O–H groups in total. The molecule has 0 fully saturated rings. The van der Waals surface area contributed by atoms with Gasteiger partial charge in [-0.05, 0) is 25.6 Å². The Hall–Kier alpha value is -1.75. The van der Waals surface area contributed by atoms with Crippen molar-refractivity contribution in [2.75, 3.05) is 32.1 Å². The summed E-state index contributed by atoms with van der Waals surface area (Å²) in [5, 5.41) is 12.2. The number of carboxylic acid groups (broad SMARTS) is 1. The average molecular weight is 280 g/mol. The van der Waals surface area contributed by atoms with E-state index in [0.717, 1.165) is 11.4 Å². The molecule has 0 aromatic heterocycles. The molecule has 0 saturated heterocycles. The van der Waals surface area contributed by atoms with Crippen LogP contribution in [0.2, 0.25) is 0 Å². The second kappa shape index (κ2) is 7.14. The molecule has 20 heavy (non-hydrogen) atoms. The van der Waals surface area contributed by atoms with Gasteiger partial charge in [0.2, 0.25) is 0 Å². The van der Waals surface area contributed by atoms with Crippen LogP contribution in [0.5, 0.6) is 5.75 Å². The predicted molar refractivity (Wildman–Crippen MR) is 80.6 cm³/mol. The van der Waals surface area contributed by atoms with Gasteiger partial charge in [0.25, 0.3) is 0 Å². The molecule has 0 spiro atoms. The fourth-order valence-electron chi connectivity index (χ4n) is 1.89. The Kier molecular flexibility index (Phi) is 5.82. The first-order valence-electron chi connectivity index (χ1n) is 6.77. The highest BCUT2D eigenvalue weighted by Gasteiger charge is 2.31. The fourth-order valence-corrected chi connectivity index (χ4v) is 1.89. The smallest absolute Gasteiger partial charge is 0.323 e. The van der Waals surface area contributed by atoms with E-state index in [9.17, 15) is 9.90 Å². The van der Waals surface area contributed by atoms with Gasteiger partial charge >= 0.3 is 5.97 Å². The SMILES string of the molecule is CCNC(C)(CCOc1cccc(N(C)C)c1)C(=O)O. The third kappa shape index (κ3) is 4.42. The van der Waals surface area contributed by atoms with Crippen molar-refractivity contribution in [2.45, 2.75) is 25.8 Å². The number of hydrogen-bond donors (Lipinski definition) is 2. The second-order valence-corrected chi connectivity index (χ2v) is 5.16. The Balaban J connectivity index is 2.59. The standard InChI is InChI=1S/C15H24N2O3/c1-5-16-15(2,14(18)19)9-10-20-13-8-6-7-12(11-13)17(3)4/h6-8,11,16H,5,9-10H2,1-4H3,(H,18,19). The quantitative estimate of drug-likeness (QED) is 0.762. The largest absolute Gasteiger partial charge is 0.493 e. The lowest BCUT2D eigenvalue weighted by molar-refractivity contribution is -0.144. The number of hydrogen-bond acceptors (Lipinski definition) is 4. The molecular formula is C15H24N2O3. The molecule has 0 aliphatic carbocycles.